The lowest BCUT2D eigenvalue weighted by Crippen LogP contribution is -2.52. The first kappa shape index (κ1) is 43.6. The van der Waals surface area contributed by atoms with Crippen LogP contribution in [0.1, 0.15) is 59.8 Å². The number of amides is 4. The molecule has 5 rings (SSSR count). The molecule has 0 aromatic heterocycles. The van der Waals surface area contributed by atoms with Crippen LogP contribution in [0.5, 0.6) is 11.5 Å². The third kappa shape index (κ3) is 11.6. The molecule has 4 amide bonds. The number of ether oxygens (including phenoxy) is 2. The van der Waals surface area contributed by atoms with E-state index in [1.165, 1.54) is 30.5 Å². The minimum atomic E-state index is -1.25. The summed E-state index contributed by atoms with van der Waals surface area (Å²) in [4.78, 5) is 56.1. The van der Waals surface area contributed by atoms with Gasteiger partial charge in [-0.05, 0) is 90.4 Å². The number of likely N-dealkylation sites (N-methyl/N-ethyl adjacent to an activating group) is 1. The van der Waals surface area contributed by atoms with Crippen LogP contribution >= 0.6 is 0 Å². The summed E-state index contributed by atoms with van der Waals surface area (Å²) in [5.74, 6) is -1.20. The minimum Gasteiger partial charge on any atom is -0.492 e. The summed E-state index contributed by atoms with van der Waals surface area (Å²) in [6.45, 7) is 4.22. The maximum absolute atomic E-state index is 14.2. The van der Waals surface area contributed by atoms with Gasteiger partial charge < -0.3 is 41.8 Å². The van der Waals surface area contributed by atoms with Gasteiger partial charge in [-0.15, -0.1) is 0 Å². The van der Waals surface area contributed by atoms with Gasteiger partial charge in [0.15, 0.2) is 0 Å². The predicted octanol–water partition coefficient (Wildman–Crippen LogP) is 4.59. The van der Waals surface area contributed by atoms with Crippen LogP contribution in [0.15, 0.2) is 97.1 Å². The van der Waals surface area contributed by atoms with Crippen molar-refractivity contribution in [2.24, 2.45) is 11.5 Å². The maximum Gasteiger partial charge on any atom is 0.251 e. The molecule has 1 aliphatic rings. The zero-order valence-electron chi connectivity index (χ0n) is 33.8. The van der Waals surface area contributed by atoms with Crippen LogP contribution in [0, 0.1) is 11.3 Å². The summed E-state index contributed by atoms with van der Waals surface area (Å²) in [6, 6.07) is 25.3. The van der Waals surface area contributed by atoms with Crippen LogP contribution in [0.25, 0.3) is 22.3 Å². The molecule has 0 aliphatic carbocycles. The van der Waals surface area contributed by atoms with Gasteiger partial charge in [0.25, 0.3) is 5.91 Å². The Kier molecular flexibility index (Phi) is 15.8. The van der Waals surface area contributed by atoms with Gasteiger partial charge in [0.1, 0.15) is 36.8 Å². The molecule has 7 N–H and O–H groups in total. The van der Waals surface area contributed by atoms with E-state index in [4.69, 9.17) is 20.9 Å². The van der Waals surface area contributed by atoms with Gasteiger partial charge in [-0.25, -0.2) is 0 Å². The van der Waals surface area contributed by atoms with Crippen molar-refractivity contribution in [1.82, 2.24) is 20.9 Å². The highest BCUT2D eigenvalue weighted by Crippen LogP contribution is 2.40. The van der Waals surface area contributed by atoms with Crippen molar-refractivity contribution in [1.29, 1.82) is 5.26 Å². The molecule has 4 bridgehead atoms. The Bertz CT molecular complexity index is 2160. The molecule has 0 saturated heterocycles. The van der Waals surface area contributed by atoms with Gasteiger partial charge >= 0.3 is 0 Å². The van der Waals surface area contributed by atoms with Crippen LogP contribution in [0.4, 0.5) is 0 Å². The highest BCUT2D eigenvalue weighted by atomic mass is 16.5. The zero-order valence-corrected chi connectivity index (χ0v) is 33.8. The number of unbranched alkanes of at least 4 members (excludes halogenated alkanes) is 1. The first-order valence-electron chi connectivity index (χ1n) is 19.9. The van der Waals surface area contributed by atoms with Crippen LogP contribution in [-0.4, -0.2) is 80.5 Å². The van der Waals surface area contributed by atoms with Crippen LogP contribution < -0.4 is 36.9 Å². The molecule has 0 saturated carbocycles. The number of hydrogen-bond acceptors (Lipinski definition) is 9. The van der Waals surface area contributed by atoms with Crippen LogP contribution in [-0.2, 0) is 27.2 Å². The summed E-state index contributed by atoms with van der Waals surface area (Å²) >= 11 is 0. The highest BCUT2D eigenvalue weighted by molar-refractivity contribution is 5.98. The molecule has 1 heterocycles. The molecule has 0 radical (unpaired) electrons. The van der Waals surface area contributed by atoms with Crippen LogP contribution in [0.2, 0.25) is 0 Å². The maximum atomic E-state index is 14.2. The average molecular weight is 800 g/mol. The van der Waals surface area contributed by atoms with Crippen molar-refractivity contribution >= 4 is 23.6 Å². The largest absolute Gasteiger partial charge is 0.492 e. The van der Waals surface area contributed by atoms with Crippen molar-refractivity contribution in [3.63, 3.8) is 0 Å². The number of aryl methyl sites for hydroxylation is 1. The number of nitrogens with zero attached hydrogens (tertiary/aromatic N) is 2. The number of carbonyl (C=O) groups is 4. The molecular weight excluding hydrogens is 747 g/mol. The highest BCUT2D eigenvalue weighted by Gasteiger charge is 2.32. The molecule has 4 aromatic carbocycles. The van der Waals surface area contributed by atoms with Crippen molar-refractivity contribution in [3.8, 4) is 39.8 Å². The fourth-order valence-electron chi connectivity index (χ4n) is 6.81. The average Bonchev–Trinajstić information content (AvgIpc) is 3.25. The van der Waals surface area contributed by atoms with E-state index in [2.05, 4.69) is 47.1 Å². The topological polar surface area (TPSA) is 202 Å². The van der Waals surface area contributed by atoms with Crippen molar-refractivity contribution < 1.29 is 28.7 Å². The van der Waals surface area contributed by atoms with E-state index in [-0.39, 0.29) is 26.3 Å². The number of rotatable bonds is 15. The molecular formula is C46H53N7O6. The van der Waals surface area contributed by atoms with E-state index in [0.29, 0.717) is 40.2 Å². The molecule has 2 unspecified atom stereocenters. The summed E-state index contributed by atoms with van der Waals surface area (Å²) in [5, 5.41) is 17.7. The van der Waals surface area contributed by atoms with Gasteiger partial charge in [0.2, 0.25) is 17.7 Å². The van der Waals surface area contributed by atoms with Crippen molar-refractivity contribution in [2.75, 3.05) is 39.9 Å². The Balaban J connectivity index is 1.45. The summed E-state index contributed by atoms with van der Waals surface area (Å²) in [6.07, 6.45) is 6.49. The lowest BCUT2D eigenvalue weighted by Gasteiger charge is -2.30. The zero-order chi connectivity index (χ0) is 42.3. The minimum absolute atomic E-state index is 0.201. The molecule has 13 nitrogen and oxygen atoms in total. The smallest absolute Gasteiger partial charge is 0.251 e. The van der Waals surface area contributed by atoms with Gasteiger partial charge in [-0.3, -0.25) is 19.2 Å². The van der Waals surface area contributed by atoms with E-state index in [1.54, 1.807) is 42.5 Å². The molecule has 3 atom stereocenters. The molecule has 0 fully saturated rings. The molecule has 13 heteroatoms. The monoisotopic (exact) mass is 799 g/mol. The number of nitrogens with two attached hydrogens (primary N) is 2. The fraction of sp³-hybridized carbons (Fsp3) is 0.326. The number of fused-ring (bicyclic) bond motifs is 5. The van der Waals surface area contributed by atoms with Gasteiger partial charge in [-0.2, -0.15) is 5.26 Å². The summed E-state index contributed by atoms with van der Waals surface area (Å²) in [5.41, 5.74) is 17.6. The van der Waals surface area contributed by atoms with Gasteiger partial charge in [-0.1, -0.05) is 68.0 Å². The first-order chi connectivity index (χ1) is 28.6. The van der Waals surface area contributed by atoms with E-state index in [0.717, 1.165) is 36.0 Å². The van der Waals surface area contributed by atoms with E-state index >= 15 is 0 Å². The molecule has 4 aromatic rings. The Hall–Kier alpha value is -6.49. The van der Waals surface area contributed by atoms with Crippen molar-refractivity contribution in [2.45, 2.75) is 57.7 Å². The van der Waals surface area contributed by atoms with Crippen LogP contribution in [0.3, 0.4) is 0 Å². The van der Waals surface area contributed by atoms with E-state index in [1.807, 2.05) is 30.3 Å². The Labute approximate surface area is 345 Å². The molecule has 59 heavy (non-hydrogen) atoms. The number of nitriles is 1. The van der Waals surface area contributed by atoms with E-state index < -0.39 is 48.3 Å². The number of carbonyl (C=O) groups excluding carboxylic acids is 4. The molecule has 308 valence electrons. The number of benzene rings is 4. The quantitative estimate of drug-likeness (QED) is 0.107. The molecule has 1 aliphatic heterocycles. The fourth-order valence-corrected chi connectivity index (χ4v) is 6.81. The number of nitrogens with one attached hydrogen (secondary N) is 3. The van der Waals surface area contributed by atoms with Gasteiger partial charge in [0.05, 0.1) is 18.7 Å². The lowest BCUT2D eigenvalue weighted by molar-refractivity contribution is -0.139. The SMILES string of the molecule is CCCCc1ccc(-c2ccc(C(=O)NCC(=O)N(C)C3C(=O)N[C@@H](C)C(=O)NC(/C=C/C#N)Cc4ccc(OCCN)c(c4)-c4cc3ccc4OCCN)cc2)cc1. The predicted molar refractivity (Wildman–Crippen MR) is 227 cm³/mol. The number of allylic oxidation sites excluding steroid dienone is 1. The Morgan fingerprint density at radius 1 is 0.881 bits per heavy atom. The second kappa shape index (κ2) is 21.3. The van der Waals surface area contributed by atoms with Crippen molar-refractivity contribution in [3.05, 3.63) is 119 Å². The molecule has 0 spiro atoms. The second-order valence-corrected chi connectivity index (χ2v) is 14.4. The third-order valence-corrected chi connectivity index (χ3v) is 10.0. The Morgan fingerprint density at radius 2 is 1.51 bits per heavy atom. The summed E-state index contributed by atoms with van der Waals surface area (Å²) < 4.78 is 12.2. The third-order valence-electron chi connectivity index (χ3n) is 10.0. The lowest BCUT2D eigenvalue weighted by atomic mass is 9.93. The second-order valence-electron chi connectivity index (χ2n) is 14.4. The normalized spacial score (nSPS) is 16.6. The first-order valence-corrected chi connectivity index (χ1v) is 19.9. The number of hydrogen-bond donors (Lipinski definition) is 5. The summed E-state index contributed by atoms with van der Waals surface area (Å²) in [7, 11) is 1.46. The van der Waals surface area contributed by atoms with Gasteiger partial charge in [0, 0.05) is 42.9 Å². The standard InChI is InChI=1S/C46H53N7O6/c1-4-5-7-31-9-12-33(13-10-31)34-14-16-35(17-15-34)45(56)50-29-42(54)53(3)43-36-18-20-41(59-25-23-49)39(28-36)38-27-32(11-19-40(38)58-24-22-48)26-37(8-6-21-47)52-44(55)30(2)51-46(43)57/h6,8-20,27-28,30,37,43H,4-5,7,22-26,29,48-49H2,1-3H3,(H,50,56)(H,51,57)(H,52,55)/b8-6+/t30-,37?,43?/m0/s1. The van der Waals surface area contributed by atoms with E-state index in [9.17, 15) is 24.4 Å². The Morgan fingerprint density at radius 3 is 2.14 bits per heavy atom.